The van der Waals surface area contributed by atoms with Gasteiger partial charge in [0.25, 0.3) is 0 Å². The highest BCUT2D eigenvalue weighted by Crippen LogP contribution is 2.22. The number of hydrogen-bond donors (Lipinski definition) is 0. The van der Waals surface area contributed by atoms with Gasteiger partial charge in [-0.05, 0) is 47.4 Å². The minimum Gasteiger partial charge on any atom is -0.336 e. The van der Waals surface area contributed by atoms with Gasteiger partial charge in [-0.1, -0.05) is 54.1 Å². The molecule has 0 fully saturated rings. The second-order valence-corrected chi connectivity index (χ2v) is 6.55. The van der Waals surface area contributed by atoms with Crippen LogP contribution in [0.15, 0.2) is 60.8 Å². The maximum absolute atomic E-state index is 6.03. The first-order valence-electron chi connectivity index (χ1n) is 8.36. The Labute approximate surface area is 152 Å². The monoisotopic (exact) mass is 347 g/mol. The topological polar surface area (TPSA) is 29.0 Å². The summed E-state index contributed by atoms with van der Waals surface area (Å²) < 4.78 is 0. The van der Waals surface area contributed by atoms with Crippen molar-refractivity contribution in [3.8, 4) is 0 Å². The van der Waals surface area contributed by atoms with Crippen LogP contribution in [0.5, 0.6) is 0 Å². The van der Waals surface area contributed by atoms with Crippen LogP contribution in [0.2, 0.25) is 5.02 Å². The van der Waals surface area contributed by atoms with E-state index >= 15 is 0 Å². The van der Waals surface area contributed by atoms with Crippen molar-refractivity contribution in [2.45, 2.75) is 13.0 Å². The van der Waals surface area contributed by atoms with E-state index in [0.29, 0.717) is 0 Å². The summed E-state index contributed by atoms with van der Waals surface area (Å²) in [6.07, 6.45) is 6.86. The predicted octanol–water partition coefficient (Wildman–Crippen LogP) is 4.86. The van der Waals surface area contributed by atoms with Crippen LogP contribution in [0.4, 0.5) is 5.95 Å². The maximum atomic E-state index is 6.03. The molecule has 2 heterocycles. The molecule has 0 unspecified atom stereocenters. The molecule has 0 saturated carbocycles. The molecule has 2 aromatic carbocycles. The number of hydrogen-bond acceptors (Lipinski definition) is 3. The molecule has 0 radical (unpaired) electrons. The van der Waals surface area contributed by atoms with Gasteiger partial charge in [-0.2, -0.15) is 0 Å². The summed E-state index contributed by atoms with van der Waals surface area (Å²) in [6.45, 7) is 1.80. The summed E-state index contributed by atoms with van der Waals surface area (Å²) >= 11 is 6.03. The van der Waals surface area contributed by atoms with Crippen molar-refractivity contribution in [2.75, 3.05) is 11.4 Å². The van der Waals surface area contributed by atoms with Crippen molar-refractivity contribution < 1.29 is 0 Å². The fourth-order valence-corrected chi connectivity index (χ4v) is 3.26. The summed E-state index contributed by atoms with van der Waals surface area (Å²) in [5.41, 5.74) is 4.73. The molecule has 0 spiro atoms. The Hall–Kier alpha value is -2.65. The van der Waals surface area contributed by atoms with Crippen LogP contribution in [-0.4, -0.2) is 16.5 Å². The van der Waals surface area contributed by atoms with Crippen LogP contribution in [0, 0.1) is 0 Å². The van der Waals surface area contributed by atoms with Crippen molar-refractivity contribution in [3.63, 3.8) is 0 Å². The number of fused-ring (bicyclic) bond motifs is 1. The van der Waals surface area contributed by atoms with E-state index in [0.717, 1.165) is 41.7 Å². The maximum Gasteiger partial charge on any atom is 0.226 e. The molecule has 0 atom stereocenters. The van der Waals surface area contributed by atoms with Crippen molar-refractivity contribution in [1.29, 1.82) is 0 Å². The minimum absolute atomic E-state index is 0.734. The molecule has 1 aromatic heterocycles. The molecular formula is C21H18ClN3. The Bertz CT molecular complexity index is 920. The van der Waals surface area contributed by atoms with E-state index in [1.54, 1.807) is 0 Å². The zero-order valence-corrected chi connectivity index (χ0v) is 14.5. The van der Waals surface area contributed by atoms with Crippen LogP contribution < -0.4 is 4.90 Å². The highest BCUT2D eigenvalue weighted by atomic mass is 35.5. The summed E-state index contributed by atoms with van der Waals surface area (Å²) in [4.78, 5) is 11.4. The minimum atomic E-state index is 0.734. The molecule has 25 heavy (non-hydrogen) atoms. The molecule has 3 nitrogen and oxygen atoms in total. The first-order valence-corrected chi connectivity index (χ1v) is 8.74. The van der Waals surface area contributed by atoms with E-state index in [1.807, 2.05) is 48.7 Å². The molecule has 0 aliphatic carbocycles. The second-order valence-electron chi connectivity index (χ2n) is 6.11. The average Bonchev–Trinajstić information content (AvgIpc) is 2.66. The summed E-state index contributed by atoms with van der Waals surface area (Å²) in [7, 11) is 0. The number of benzene rings is 2. The van der Waals surface area contributed by atoms with Crippen LogP contribution in [0.3, 0.4) is 0 Å². The van der Waals surface area contributed by atoms with E-state index in [9.17, 15) is 0 Å². The number of rotatable bonds is 3. The van der Waals surface area contributed by atoms with Crippen LogP contribution >= 0.6 is 11.6 Å². The molecule has 1 aliphatic rings. The molecule has 4 rings (SSSR count). The Morgan fingerprint density at radius 3 is 2.72 bits per heavy atom. The fraction of sp³-hybridized carbons (Fsp3) is 0.143. The van der Waals surface area contributed by atoms with Crippen molar-refractivity contribution in [3.05, 3.63) is 88.2 Å². The molecule has 4 heteroatoms. The Kier molecular flexibility index (Phi) is 4.49. The SMILES string of the molecule is Clc1cccc(/C=C/c2ccnc(N3CCc4ccccc4C3)n2)c1. The van der Waals surface area contributed by atoms with E-state index in [2.05, 4.69) is 34.1 Å². The highest BCUT2D eigenvalue weighted by Gasteiger charge is 2.17. The first kappa shape index (κ1) is 15.9. The van der Waals surface area contributed by atoms with Crippen LogP contribution in [0.1, 0.15) is 22.4 Å². The quantitative estimate of drug-likeness (QED) is 0.677. The molecule has 124 valence electrons. The van der Waals surface area contributed by atoms with Gasteiger partial charge in [0.2, 0.25) is 5.95 Å². The standard InChI is InChI=1S/C21H18ClN3/c22-19-7-3-4-16(14-19)8-9-20-10-12-23-21(24-20)25-13-11-17-5-1-2-6-18(17)15-25/h1-10,12,14H,11,13,15H2/b9-8+. The number of aromatic nitrogens is 2. The van der Waals surface area contributed by atoms with Crippen molar-refractivity contribution >= 4 is 29.7 Å². The molecule has 1 aliphatic heterocycles. The highest BCUT2D eigenvalue weighted by molar-refractivity contribution is 6.30. The molecule has 0 saturated heterocycles. The lowest BCUT2D eigenvalue weighted by Crippen LogP contribution is -2.31. The molecular weight excluding hydrogens is 330 g/mol. The first-order chi connectivity index (χ1) is 12.3. The van der Waals surface area contributed by atoms with Gasteiger partial charge in [-0.25, -0.2) is 9.97 Å². The molecule has 0 N–H and O–H groups in total. The lowest BCUT2D eigenvalue weighted by molar-refractivity contribution is 0.707. The Morgan fingerprint density at radius 1 is 0.960 bits per heavy atom. The Morgan fingerprint density at radius 2 is 1.84 bits per heavy atom. The van der Waals surface area contributed by atoms with Gasteiger partial charge in [0.15, 0.2) is 0 Å². The predicted molar refractivity (Wildman–Crippen MR) is 104 cm³/mol. The third-order valence-corrected chi connectivity index (χ3v) is 4.61. The molecule has 0 bridgehead atoms. The van der Waals surface area contributed by atoms with Crippen molar-refractivity contribution in [1.82, 2.24) is 9.97 Å². The largest absolute Gasteiger partial charge is 0.336 e. The van der Waals surface area contributed by atoms with E-state index in [-0.39, 0.29) is 0 Å². The van der Waals surface area contributed by atoms with Gasteiger partial charge in [-0.15, -0.1) is 0 Å². The van der Waals surface area contributed by atoms with Gasteiger partial charge in [0.1, 0.15) is 0 Å². The van der Waals surface area contributed by atoms with E-state index < -0.39 is 0 Å². The molecule has 0 amide bonds. The Balaban J connectivity index is 1.54. The lowest BCUT2D eigenvalue weighted by Gasteiger charge is -2.28. The van der Waals surface area contributed by atoms with Gasteiger partial charge in [-0.3, -0.25) is 0 Å². The molecule has 3 aromatic rings. The number of halogens is 1. The van der Waals surface area contributed by atoms with Crippen LogP contribution in [-0.2, 0) is 13.0 Å². The third-order valence-electron chi connectivity index (χ3n) is 4.37. The van der Waals surface area contributed by atoms with Gasteiger partial charge >= 0.3 is 0 Å². The second kappa shape index (κ2) is 7.08. The summed E-state index contributed by atoms with van der Waals surface area (Å²) in [6, 6.07) is 18.3. The van der Waals surface area contributed by atoms with E-state index in [4.69, 9.17) is 16.6 Å². The zero-order valence-electron chi connectivity index (χ0n) is 13.8. The fourth-order valence-electron chi connectivity index (χ4n) is 3.07. The van der Waals surface area contributed by atoms with Crippen LogP contribution in [0.25, 0.3) is 12.2 Å². The van der Waals surface area contributed by atoms with Gasteiger partial charge < -0.3 is 4.90 Å². The number of anilines is 1. The van der Waals surface area contributed by atoms with E-state index in [1.165, 1.54) is 11.1 Å². The normalized spacial score (nSPS) is 13.9. The average molecular weight is 348 g/mol. The van der Waals surface area contributed by atoms with Crippen molar-refractivity contribution in [2.24, 2.45) is 0 Å². The number of nitrogens with zero attached hydrogens (tertiary/aromatic N) is 3. The lowest BCUT2D eigenvalue weighted by atomic mass is 10.0. The smallest absolute Gasteiger partial charge is 0.226 e. The zero-order chi connectivity index (χ0) is 17.1. The summed E-state index contributed by atoms with van der Waals surface area (Å²) in [5.74, 6) is 0.780. The van der Waals surface area contributed by atoms with Gasteiger partial charge in [0, 0.05) is 24.3 Å². The third kappa shape index (κ3) is 3.72. The summed E-state index contributed by atoms with van der Waals surface area (Å²) in [5, 5.41) is 0.734. The van der Waals surface area contributed by atoms with Gasteiger partial charge in [0.05, 0.1) is 5.69 Å².